The van der Waals surface area contributed by atoms with Gasteiger partial charge in [0.25, 0.3) is 5.91 Å². The first-order valence-corrected chi connectivity index (χ1v) is 8.02. The predicted octanol–water partition coefficient (Wildman–Crippen LogP) is 2.46. The van der Waals surface area contributed by atoms with Crippen molar-refractivity contribution in [2.24, 2.45) is 0 Å². The molecule has 1 aliphatic rings. The molecule has 7 nitrogen and oxygen atoms in total. The summed E-state index contributed by atoms with van der Waals surface area (Å²) in [4.78, 5) is 24.0. The zero-order chi connectivity index (χ0) is 18.2. The largest absolute Gasteiger partial charge is 0.493 e. The van der Waals surface area contributed by atoms with Crippen molar-refractivity contribution in [2.45, 2.75) is 38.6 Å². The molecule has 0 saturated carbocycles. The average molecular weight is 344 g/mol. The maximum absolute atomic E-state index is 12.4. The van der Waals surface area contributed by atoms with Gasteiger partial charge in [-0.15, -0.1) is 0 Å². The summed E-state index contributed by atoms with van der Waals surface area (Å²) in [5.74, 6) is -0.431. The molecule has 2 aromatic rings. The van der Waals surface area contributed by atoms with Crippen LogP contribution in [-0.4, -0.2) is 28.7 Å². The van der Waals surface area contributed by atoms with Crippen molar-refractivity contribution in [1.82, 2.24) is 10.5 Å². The number of benzene rings is 1. The summed E-state index contributed by atoms with van der Waals surface area (Å²) in [7, 11) is 0. The average Bonchev–Trinajstić information content (AvgIpc) is 3.19. The van der Waals surface area contributed by atoms with Gasteiger partial charge < -0.3 is 19.7 Å². The van der Waals surface area contributed by atoms with Crippen LogP contribution in [0.3, 0.4) is 0 Å². The molecule has 0 spiro atoms. The van der Waals surface area contributed by atoms with Crippen molar-refractivity contribution >= 4 is 11.9 Å². The van der Waals surface area contributed by atoms with Gasteiger partial charge in [0.05, 0.1) is 6.61 Å². The zero-order valence-electron chi connectivity index (χ0n) is 14.3. The molecular weight excluding hydrogens is 324 g/mol. The molecule has 25 heavy (non-hydrogen) atoms. The summed E-state index contributed by atoms with van der Waals surface area (Å²) >= 11 is 0. The second-order valence-electron chi connectivity index (χ2n) is 7.04. The summed E-state index contributed by atoms with van der Waals surface area (Å²) in [6.45, 7) is 6.38. The van der Waals surface area contributed by atoms with Gasteiger partial charge in [0, 0.05) is 17.9 Å². The quantitative estimate of drug-likeness (QED) is 0.883. The van der Waals surface area contributed by atoms with E-state index in [2.05, 4.69) is 10.5 Å². The van der Waals surface area contributed by atoms with Crippen molar-refractivity contribution in [3.8, 4) is 5.75 Å². The van der Waals surface area contributed by atoms with E-state index in [0.717, 1.165) is 17.7 Å². The van der Waals surface area contributed by atoms with E-state index >= 15 is 0 Å². The molecule has 1 aromatic heterocycles. The summed E-state index contributed by atoms with van der Waals surface area (Å²) in [6.07, 6.45) is 0.724. The van der Waals surface area contributed by atoms with Crippen LogP contribution in [0.25, 0.3) is 0 Å². The first-order chi connectivity index (χ1) is 11.8. The Labute approximate surface area is 145 Å². The van der Waals surface area contributed by atoms with E-state index in [4.69, 9.17) is 9.26 Å². The van der Waals surface area contributed by atoms with E-state index in [1.807, 2.05) is 20.8 Å². The third-order valence-electron chi connectivity index (χ3n) is 4.05. The molecular formula is C18H20N2O5. The molecule has 0 aliphatic carbocycles. The van der Waals surface area contributed by atoms with Crippen LogP contribution in [-0.2, 0) is 16.6 Å². The van der Waals surface area contributed by atoms with Gasteiger partial charge in [0.15, 0.2) is 11.7 Å². The normalized spacial score (nSPS) is 14.5. The maximum atomic E-state index is 12.4. The summed E-state index contributed by atoms with van der Waals surface area (Å²) in [5, 5.41) is 15.8. The van der Waals surface area contributed by atoms with Crippen LogP contribution in [0.4, 0.5) is 0 Å². The number of carboxylic acid groups (broad SMARTS) is 1. The fourth-order valence-electron chi connectivity index (χ4n) is 2.61. The van der Waals surface area contributed by atoms with Crippen LogP contribution in [0.2, 0.25) is 0 Å². The summed E-state index contributed by atoms with van der Waals surface area (Å²) in [6, 6.07) is 5.49. The first kappa shape index (κ1) is 17.0. The number of fused-ring (bicyclic) bond motifs is 1. The summed E-state index contributed by atoms with van der Waals surface area (Å²) in [5.41, 5.74) is 1.19. The lowest BCUT2D eigenvalue weighted by molar-refractivity contribution is -0.139. The van der Waals surface area contributed by atoms with Crippen LogP contribution in [0.15, 0.2) is 28.8 Å². The zero-order valence-corrected chi connectivity index (χ0v) is 14.3. The SMILES string of the molecule is CC(C)(C)c1cc(C(=O)NC(C(=O)O)c2ccc3c(c2)CCO3)no1. The number of ether oxygens (including phenoxy) is 1. The number of carbonyl (C=O) groups excluding carboxylic acids is 1. The Hall–Kier alpha value is -2.83. The highest BCUT2D eigenvalue weighted by molar-refractivity contribution is 5.95. The minimum Gasteiger partial charge on any atom is -0.493 e. The van der Waals surface area contributed by atoms with Crippen LogP contribution < -0.4 is 10.1 Å². The lowest BCUT2D eigenvalue weighted by Crippen LogP contribution is -2.34. The highest BCUT2D eigenvalue weighted by atomic mass is 16.5. The number of carbonyl (C=O) groups is 2. The molecule has 1 atom stereocenters. The molecule has 2 N–H and O–H groups in total. The fourth-order valence-corrected chi connectivity index (χ4v) is 2.61. The Morgan fingerprint density at radius 1 is 1.28 bits per heavy atom. The minimum atomic E-state index is -1.17. The lowest BCUT2D eigenvalue weighted by Gasteiger charge is -2.15. The molecule has 3 rings (SSSR count). The molecule has 0 saturated heterocycles. The van der Waals surface area contributed by atoms with E-state index in [-0.39, 0.29) is 11.1 Å². The van der Waals surface area contributed by atoms with Crippen LogP contribution in [0, 0.1) is 0 Å². The van der Waals surface area contributed by atoms with E-state index < -0.39 is 17.9 Å². The standard InChI is InChI=1S/C18H20N2O5/c1-18(2,3)14-9-12(20-25-14)16(21)19-15(17(22)23)11-4-5-13-10(8-11)6-7-24-13/h4-5,8-9,15H,6-7H2,1-3H3,(H,19,21)(H,22,23). The first-order valence-electron chi connectivity index (χ1n) is 8.02. The fraction of sp³-hybridized carbons (Fsp3) is 0.389. The molecule has 1 unspecified atom stereocenters. The minimum absolute atomic E-state index is 0.0562. The third-order valence-corrected chi connectivity index (χ3v) is 4.05. The van der Waals surface area contributed by atoms with Gasteiger partial charge in [-0.3, -0.25) is 4.79 Å². The molecule has 0 radical (unpaired) electrons. The molecule has 132 valence electrons. The predicted molar refractivity (Wildman–Crippen MR) is 88.7 cm³/mol. The number of aromatic nitrogens is 1. The second kappa shape index (κ2) is 6.23. The van der Waals surface area contributed by atoms with Gasteiger partial charge in [0.1, 0.15) is 11.5 Å². The van der Waals surface area contributed by atoms with Crippen LogP contribution >= 0.6 is 0 Å². The highest BCUT2D eigenvalue weighted by Gasteiger charge is 2.27. The van der Waals surface area contributed by atoms with Crippen molar-refractivity contribution in [2.75, 3.05) is 6.61 Å². The molecule has 7 heteroatoms. The number of hydrogen-bond acceptors (Lipinski definition) is 5. The van der Waals surface area contributed by atoms with Crippen molar-refractivity contribution < 1.29 is 24.0 Å². The van der Waals surface area contributed by atoms with E-state index in [9.17, 15) is 14.7 Å². The number of amides is 1. The molecule has 1 aliphatic heterocycles. The Bertz CT molecular complexity index is 819. The topological polar surface area (TPSA) is 102 Å². The van der Waals surface area contributed by atoms with Gasteiger partial charge in [-0.1, -0.05) is 32.0 Å². The Balaban J connectivity index is 1.81. The van der Waals surface area contributed by atoms with Gasteiger partial charge in [0.2, 0.25) is 0 Å². The Morgan fingerprint density at radius 2 is 2.04 bits per heavy atom. The Kier molecular flexibility index (Phi) is 4.24. The van der Waals surface area contributed by atoms with Crippen LogP contribution in [0.5, 0.6) is 5.75 Å². The smallest absolute Gasteiger partial charge is 0.330 e. The lowest BCUT2D eigenvalue weighted by atomic mass is 9.93. The van der Waals surface area contributed by atoms with Gasteiger partial charge in [-0.05, 0) is 23.3 Å². The van der Waals surface area contributed by atoms with Gasteiger partial charge >= 0.3 is 5.97 Å². The molecule has 0 bridgehead atoms. The Morgan fingerprint density at radius 3 is 2.68 bits per heavy atom. The number of carboxylic acids is 1. The van der Waals surface area contributed by atoms with E-state index in [1.165, 1.54) is 6.07 Å². The number of rotatable bonds is 4. The monoisotopic (exact) mass is 344 g/mol. The van der Waals surface area contributed by atoms with Gasteiger partial charge in [-0.2, -0.15) is 0 Å². The van der Waals surface area contributed by atoms with E-state index in [0.29, 0.717) is 17.9 Å². The number of hydrogen-bond donors (Lipinski definition) is 2. The van der Waals surface area contributed by atoms with Gasteiger partial charge in [-0.25, -0.2) is 4.79 Å². The van der Waals surface area contributed by atoms with Crippen molar-refractivity contribution in [3.05, 3.63) is 46.8 Å². The molecule has 2 heterocycles. The number of aliphatic carboxylic acids is 1. The van der Waals surface area contributed by atoms with E-state index in [1.54, 1.807) is 18.2 Å². The second-order valence-corrected chi connectivity index (χ2v) is 7.04. The molecule has 1 aromatic carbocycles. The number of nitrogens with zero attached hydrogens (tertiary/aromatic N) is 1. The number of nitrogens with one attached hydrogen (secondary N) is 1. The maximum Gasteiger partial charge on any atom is 0.330 e. The summed E-state index contributed by atoms with van der Waals surface area (Å²) < 4.78 is 10.6. The van der Waals surface area contributed by atoms with Crippen molar-refractivity contribution in [1.29, 1.82) is 0 Å². The highest BCUT2D eigenvalue weighted by Crippen LogP contribution is 2.28. The third kappa shape index (κ3) is 3.50. The molecule has 1 amide bonds. The van der Waals surface area contributed by atoms with Crippen LogP contribution in [0.1, 0.15) is 54.2 Å². The van der Waals surface area contributed by atoms with Crippen molar-refractivity contribution in [3.63, 3.8) is 0 Å². The molecule has 0 fully saturated rings.